The summed E-state index contributed by atoms with van der Waals surface area (Å²) in [5, 5.41) is 2.94. The lowest BCUT2D eigenvalue weighted by atomic mass is 9.69. The molecule has 1 amide bonds. The second-order valence-electron chi connectivity index (χ2n) is 5.64. The second kappa shape index (κ2) is 4.39. The molecular formula is C15H20N2O. The van der Waals surface area contributed by atoms with Crippen LogP contribution < -0.4 is 11.1 Å². The Hall–Kier alpha value is -1.35. The van der Waals surface area contributed by atoms with Crippen molar-refractivity contribution in [1.82, 2.24) is 0 Å². The normalized spacial score (nSPS) is 21.5. The molecule has 0 atom stereocenters. The summed E-state index contributed by atoms with van der Waals surface area (Å²) in [7, 11) is 0. The van der Waals surface area contributed by atoms with Crippen LogP contribution in [0.1, 0.15) is 43.2 Å². The van der Waals surface area contributed by atoms with Gasteiger partial charge in [-0.2, -0.15) is 0 Å². The van der Waals surface area contributed by atoms with Crippen molar-refractivity contribution >= 4 is 11.6 Å². The number of fused-ring (bicyclic) bond motifs is 1. The van der Waals surface area contributed by atoms with Crippen LogP contribution in [-0.4, -0.2) is 12.5 Å². The minimum Gasteiger partial charge on any atom is -0.330 e. The smallest absolute Gasteiger partial charge is 0.228 e. The lowest BCUT2D eigenvalue weighted by Gasteiger charge is -2.37. The van der Waals surface area contributed by atoms with E-state index in [1.54, 1.807) is 0 Å². The van der Waals surface area contributed by atoms with Gasteiger partial charge in [0.2, 0.25) is 5.91 Å². The molecular weight excluding hydrogens is 224 g/mol. The maximum Gasteiger partial charge on any atom is 0.228 e. The maximum absolute atomic E-state index is 11.4. The molecule has 3 nitrogen and oxygen atoms in total. The zero-order valence-electron chi connectivity index (χ0n) is 10.7. The Bertz CT molecular complexity index is 475. The highest BCUT2D eigenvalue weighted by Crippen LogP contribution is 2.40. The van der Waals surface area contributed by atoms with E-state index in [0.717, 1.165) is 11.3 Å². The largest absolute Gasteiger partial charge is 0.330 e. The van der Waals surface area contributed by atoms with Gasteiger partial charge < -0.3 is 11.1 Å². The van der Waals surface area contributed by atoms with Gasteiger partial charge in [0.15, 0.2) is 0 Å². The molecule has 3 rings (SSSR count). The summed E-state index contributed by atoms with van der Waals surface area (Å²) in [6.45, 7) is 0.708. The fourth-order valence-electron chi connectivity index (χ4n) is 3.38. The number of carbonyl (C=O) groups excluding carboxylic acids is 1. The van der Waals surface area contributed by atoms with Gasteiger partial charge in [-0.3, -0.25) is 4.79 Å². The molecule has 1 aromatic carbocycles. The van der Waals surface area contributed by atoms with Crippen molar-refractivity contribution < 1.29 is 4.79 Å². The Kier molecular flexibility index (Phi) is 2.86. The lowest BCUT2D eigenvalue weighted by Crippen LogP contribution is -2.37. The summed E-state index contributed by atoms with van der Waals surface area (Å²) in [4.78, 5) is 11.4. The lowest BCUT2D eigenvalue weighted by molar-refractivity contribution is -0.115. The van der Waals surface area contributed by atoms with Crippen molar-refractivity contribution in [3.8, 4) is 0 Å². The minimum atomic E-state index is 0.104. The number of hydrogen-bond donors (Lipinski definition) is 2. The van der Waals surface area contributed by atoms with Crippen LogP contribution in [0.4, 0.5) is 5.69 Å². The van der Waals surface area contributed by atoms with Crippen LogP contribution in [0.2, 0.25) is 0 Å². The molecule has 0 bridgehead atoms. The van der Waals surface area contributed by atoms with E-state index in [1.165, 1.54) is 37.7 Å². The standard InChI is InChI=1S/C15H20N2O/c16-10-15(6-2-1-3-7-15)12-5-4-11-8-14(18)17-13(11)9-12/h4-5,9H,1-3,6-8,10,16H2,(H,17,18). The van der Waals surface area contributed by atoms with E-state index in [1.807, 2.05) is 0 Å². The van der Waals surface area contributed by atoms with Crippen molar-refractivity contribution in [2.24, 2.45) is 5.73 Å². The Morgan fingerprint density at radius 2 is 2.00 bits per heavy atom. The molecule has 1 fully saturated rings. The van der Waals surface area contributed by atoms with Crippen molar-refractivity contribution in [2.75, 3.05) is 11.9 Å². The molecule has 0 radical (unpaired) electrons. The van der Waals surface area contributed by atoms with Gasteiger partial charge >= 0.3 is 0 Å². The minimum absolute atomic E-state index is 0.104. The van der Waals surface area contributed by atoms with E-state index in [9.17, 15) is 4.79 Å². The Labute approximate surface area is 108 Å². The number of benzene rings is 1. The molecule has 0 saturated heterocycles. The van der Waals surface area contributed by atoms with Crippen molar-refractivity contribution in [2.45, 2.75) is 43.9 Å². The van der Waals surface area contributed by atoms with Gasteiger partial charge in [-0.15, -0.1) is 0 Å². The van der Waals surface area contributed by atoms with Gasteiger partial charge in [-0.05, 0) is 30.0 Å². The molecule has 1 saturated carbocycles. The highest BCUT2D eigenvalue weighted by Gasteiger charge is 2.33. The van der Waals surface area contributed by atoms with Crippen LogP contribution in [-0.2, 0) is 16.6 Å². The number of nitrogens with two attached hydrogens (primary N) is 1. The average molecular weight is 244 g/mol. The zero-order chi connectivity index (χ0) is 12.6. The topological polar surface area (TPSA) is 55.1 Å². The molecule has 3 heteroatoms. The fourth-order valence-corrected chi connectivity index (χ4v) is 3.38. The molecule has 2 aliphatic rings. The van der Waals surface area contributed by atoms with E-state index in [-0.39, 0.29) is 11.3 Å². The summed E-state index contributed by atoms with van der Waals surface area (Å²) in [5.41, 5.74) is 9.62. The van der Waals surface area contributed by atoms with Gasteiger partial charge in [0.25, 0.3) is 0 Å². The molecule has 3 N–H and O–H groups in total. The third kappa shape index (κ3) is 1.83. The van der Waals surface area contributed by atoms with Crippen molar-refractivity contribution in [3.63, 3.8) is 0 Å². The average Bonchev–Trinajstić information content (AvgIpc) is 2.78. The summed E-state index contributed by atoms with van der Waals surface area (Å²) < 4.78 is 0. The molecule has 1 aliphatic heterocycles. The van der Waals surface area contributed by atoms with Gasteiger partial charge in [-0.1, -0.05) is 31.4 Å². The van der Waals surface area contributed by atoms with E-state index in [4.69, 9.17) is 5.73 Å². The zero-order valence-corrected chi connectivity index (χ0v) is 10.7. The molecule has 1 aliphatic carbocycles. The third-order valence-electron chi connectivity index (χ3n) is 4.55. The fraction of sp³-hybridized carbons (Fsp3) is 0.533. The number of rotatable bonds is 2. The van der Waals surface area contributed by atoms with Gasteiger partial charge in [0.1, 0.15) is 0 Å². The molecule has 96 valence electrons. The number of amides is 1. The Morgan fingerprint density at radius 1 is 1.22 bits per heavy atom. The summed E-state index contributed by atoms with van der Waals surface area (Å²) in [5.74, 6) is 0.104. The first-order valence-corrected chi connectivity index (χ1v) is 6.87. The Morgan fingerprint density at radius 3 is 2.72 bits per heavy atom. The predicted molar refractivity (Wildman–Crippen MR) is 72.6 cm³/mol. The molecule has 0 aromatic heterocycles. The van der Waals surface area contributed by atoms with E-state index in [2.05, 4.69) is 23.5 Å². The summed E-state index contributed by atoms with van der Waals surface area (Å²) in [6, 6.07) is 6.42. The quantitative estimate of drug-likeness (QED) is 0.839. The van der Waals surface area contributed by atoms with Gasteiger partial charge in [0, 0.05) is 17.6 Å². The highest BCUT2D eigenvalue weighted by molar-refractivity contribution is 5.99. The van der Waals surface area contributed by atoms with Crippen LogP contribution in [0.5, 0.6) is 0 Å². The molecule has 18 heavy (non-hydrogen) atoms. The SMILES string of the molecule is NCC1(c2ccc3c(c2)NC(=O)C3)CCCCC1. The molecule has 1 aromatic rings. The first kappa shape index (κ1) is 11.7. The van der Waals surface area contributed by atoms with Crippen LogP contribution in [0, 0.1) is 0 Å². The summed E-state index contributed by atoms with van der Waals surface area (Å²) >= 11 is 0. The second-order valence-corrected chi connectivity index (χ2v) is 5.64. The van der Waals surface area contributed by atoms with Crippen LogP contribution in [0.3, 0.4) is 0 Å². The van der Waals surface area contributed by atoms with E-state index >= 15 is 0 Å². The van der Waals surface area contributed by atoms with Gasteiger partial charge in [0.05, 0.1) is 6.42 Å². The van der Waals surface area contributed by atoms with Crippen molar-refractivity contribution in [3.05, 3.63) is 29.3 Å². The van der Waals surface area contributed by atoms with E-state index in [0.29, 0.717) is 13.0 Å². The van der Waals surface area contributed by atoms with Gasteiger partial charge in [-0.25, -0.2) is 0 Å². The summed E-state index contributed by atoms with van der Waals surface area (Å²) in [6.07, 6.45) is 6.72. The maximum atomic E-state index is 11.4. The van der Waals surface area contributed by atoms with Crippen LogP contribution in [0.15, 0.2) is 18.2 Å². The molecule has 0 spiro atoms. The monoisotopic (exact) mass is 244 g/mol. The molecule has 0 unspecified atom stereocenters. The van der Waals surface area contributed by atoms with E-state index < -0.39 is 0 Å². The molecule has 1 heterocycles. The van der Waals surface area contributed by atoms with Crippen molar-refractivity contribution in [1.29, 1.82) is 0 Å². The number of hydrogen-bond acceptors (Lipinski definition) is 2. The Balaban J connectivity index is 1.96. The first-order chi connectivity index (χ1) is 8.73. The number of nitrogens with one attached hydrogen (secondary N) is 1. The first-order valence-electron chi connectivity index (χ1n) is 6.87. The third-order valence-corrected chi connectivity index (χ3v) is 4.55. The number of carbonyl (C=O) groups is 1. The predicted octanol–water partition coefficient (Wildman–Crippen LogP) is 2.34. The van der Waals surface area contributed by atoms with Crippen LogP contribution in [0.25, 0.3) is 0 Å². The van der Waals surface area contributed by atoms with Crippen LogP contribution >= 0.6 is 0 Å². The number of anilines is 1. The highest BCUT2D eigenvalue weighted by atomic mass is 16.1.